The average molecular weight is 276 g/mol. The average Bonchev–Trinajstić information content (AvgIpc) is 2.21. The Morgan fingerprint density at radius 3 is 2.73 bits per heavy atom. The Morgan fingerprint density at radius 2 is 2.27 bits per heavy atom. The Bertz CT molecular complexity index is 407. The van der Waals surface area contributed by atoms with Gasteiger partial charge < -0.3 is 10.5 Å². The molecular weight excluding hydrogens is 265 g/mol. The summed E-state index contributed by atoms with van der Waals surface area (Å²) in [5.41, 5.74) is 5.80. The van der Waals surface area contributed by atoms with Crippen LogP contribution in [-0.4, -0.2) is 19.4 Å². The van der Waals surface area contributed by atoms with E-state index >= 15 is 0 Å². The molecule has 2 N–H and O–H groups in total. The second kappa shape index (κ2) is 4.72. The van der Waals surface area contributed by atoms with Crippen LogP contribution in [0.25, 0.3) is 0 Å². The van der Waals surface area contributed by atoms with E-state index < -0.39 is 11.6 Å². The molecule has 0 radical (unpaired) electrons. The molecule has 1 aromatic rings. The Hall–Kier alpha value is -0.940. The summed E-state index contributed by atoms with van der Waals surface area (Å²) < 4.78 is 18.9. The minimum Gasteiger partial charge on any atom is -0.496 e. The Morgan fingerprint density at radius 1 is 1.67 bits per heavy atom. The maximum atomic E-state index is 13.7. The number of benzene rings is 1. The summed E-state index contributed by atoms with van der Waals surface area (Å²) in [5, 5.41) is 0. The van der Waals surface area contributed by atoms with Crippen molar-refractivity contribution in [3.8, 4) is 5.75 Å². The summed E-state index contributed by atoms with van der Waals surface area (Å²) in [7, 11) is 1.39. The van der Waals surface area contributed by atoms with E-state index in [4.69, 9.17) is 10.5 Å². The number of hydrogen-bond acceptors (Lipinski definition) is 3. The first-order chi connectivity index (χ1) is 7.02. The van der Waals surface area contributed by atoms with Gasteiger partial charge in [0.05, 0.1) is 23.7 Å². The lowest BCUT2D eigenvalue weighted by atomic mass is 10.1. The fourth-order valence-corrected chi connectivity index (χ4v) is 1.89. The minimum atomic E-state index is -0.632. The maximum absolute atomic E-state index is 13.7. The van der Waals surface area contributed by atoms with Crippen LogP contribution in [0.3, 0.4) is 0 Å². The number of halogens is 2. The molecule has 0 aliphatic heterocycles. The summed E-state index contributed by atoms with van der Waals surface area (Å²) >= 11 is 3.03. The summed E-state index contributed by atoms with van der Waals surface area (Å²) in [4.78, 5) is 11.5. The number of nitrogens with two attached hydrogens (primary N) is 1. The smallest absolute Gasteiger partial charge is 0.183 e. The van der Waals surface area contributed by atoms with E-state index in [0.717, 1.165) is 0 Å². The summed E-state index contributed by atoms with van der Waals surface area (Å²) in [5.74, 6) is -0.868. The second-order valence-corrected chi connectivity index (χ2v) is 3.88. The van der Waals surface area contributed by atoms with Crippen LogP contribution in [0.4, 0.5) is 4.39 Å². The van der Waals surface area contributed by atoms with Gasteiger partial charge >= 0.3 is 0 Å². The quantitative estimate of drug-likeness (QED) is 0.859. The van der Waals surface area contributed by atoms with Crippen LogP contribution in [0, 0.1) is 12.7 Å². The third kappa shape index (κ3) is 2.18. The largest absolute Gasteiger partial charge is 0.496 e. The van der Waals surface area contributed by atoms with Crippen molar-refractivity contribution in [3.05, 3.63) is 27.5 Å². The van der Waals surface area contributed by atoms with E-state index in [1.165, 1.54) is 7.11 Å². The number of carbonyl (C=O) groups excluding carboxylic acids is 1. The number of rotatable bonds is 3. The molecule has 3 nitrogen and oxygen atoms in total. The Balaban J connectivity index is 3.50. The lowest BCUT2D eigenvalue weighted by molar-refractivity contribution is 0.0994. The number of ether oxygens (including phenoxy) is 1. The highest BCUT2D eigenvalue weighted by atomic mass is 79.9. The van der Waals surface area contributed by atoms with Gasteiger partial charge in [-0.3, -0.25) is 4.79 Å². The fourth-order valence-electron chi connectivity index (χ4n) is 1.35. The van der Waals surface area contributed by atoms with Gasteiger partial charge in [0.15, 0.2) is 11.6 Å². The molecule has 0 heterocycles. The van der Waals surface area contributed by atoms with Gasteiger partial charge in [-0.1, -0.05) is 0 Å². The van der Waals surface area contributed by atoms with Crippen molar-refractivity contribution in [2.24, 2.45) is 5.73 Å². The summed E-state index contributed by atoms with van der Waals surface area (Å²) in [6.45, 7) is 1.49. The van der Waals surface area contributed by atoms with Gasteiger partial charge in [0.1, 0.15) is 5.75 Å². The second-order valence-electron chi connectivity index (χ2n) is 3.02. The van der Waals surface area contributed by atoms with Gasteiger partial charge in [0.25, 0.3) is 0 Å². The van der Waals surface area contributed by atoms with Gasteiger partial charge in [0, 0.05) is 0 Å². The van der Waals surface area contributed by atoms with Crippen LogP contribution >= 0.6 is 15.9 Å². The van der Waals surface area contributed by atoms with Crippen LogP contribution in [0.2, 0.25) is 0 Å². The molecule has 0 atom stereocenters. The third-order valence-corrected chi connectivity index (χ3v) is 2.60. The topological polar surface area (TPSA) is 52.3 Å². The van der Waals surface area contributed by atoms with Crippen molar-refractivity contribution in [2.75, 3.05) is 13.7 Å². The molecule has 0 bridgehead atoms. The molecule has 0 aromatic heterocycles. The number of ketones is 1. The van der Waals surface area contributed by atoms with Crippen molar-refractivity contribution >= 4 is 21.7 Å². The standard InChI is InChI=1S/C10H11BrFNO2/c1-5-3-6(11)9(12)8(7(14)4-13)10(5)15-2/h3H,4,13H2,1-2H3. The molecule has 0 aliphatic rings. The van der Waals surface area contributed by atoms with Crippen molar-refractivity contribution in [1.82, 2.24) is 0 Å². The van der Waals surface area contributed by atoms with Crippen molar-refractivity contribution < 1.29 is 13.9 Å². The predicted octanol–water partition coefficient (Wildman–Crippen LogP) is 2.05. The molecule has 0 fully saturated rings. The highest BCUT2D eigenvalue weighted by Gasteiger charge is 2.21. The number of carbonyl (C=O) groups is 1. The number of hydrogen-bond donors (Lipinski definition) is 1. The van der Waals surface area contributed by atoms with Crippen molar-refractivity contribution in [1.29, 1.82) is 0 Å². The van der Waals surface area contributed by atoms with E-state index in [1.54, 1.807) is 13.0 Å². The highest BCUT2D eigenvalue weighted by molar-refractivity contribution is 9.10. The lowest BCUT2D eigenvalue weighted by Gasteiger charge is -2.12. The molecular formula is C10H11BrFNO2. The van der Waals surface area contributed by atoms with E-state index in [0.29, 0.717) is 5.56 Å². The first-order valence-corrected chi connectivity index (χ1v) is 5.08. The van der Waals surface area contributed by atoms with Gasteiger partial charge in [-0.15, -0.1) is 0 Å². The maximum Gasteiger partial charge on any atom is 0.183 e. The van der Waals surface area contributed by atoms with E-state index in [2.05, 4.69) is 15.9 Å². The fraction of sp³-hybridized carbons (Fsp3) is 0.300. The van der Waals surface area contributed by atoms with Crippen molar-refractivity contribution in [2.45, 2.75) is 6.92 Å². The number of Topliss-reactive ketones (excluding diaryl/α,β-unsaturated/α-hetero) is 1. The lowest BCUT2D eigenvalue weighted by Crippen LogP contribution is -2.17. The molecule has 0 aliphatic carbocycles. The first kappa shape index (κ1) is 12.1. The summed E-state index contributed by atoms with van der Waals surface area (Å²) in [6, 6.07) is 1.56. The molecule has 5 heteroatoms. The zero-order chi connectivity index (χ0) is 11.6. The minimum absolute atomic E-state index is 0.0909. The molecule has 0 saturated heterocycles. The van der Waals surface area contributed by atoms with Crippen LogP contribution < -0.4 is 10.5 Å². The molecule has 0 unspecified atom stereocenters. The van der Waals surface area contributed by atoms with E-state index in [9.17, 15) is 9.18 Å². The monoisotopic (exact) mass is 275 g/mol. The molecule has 1 aromatic carbocycles. The molecule has 1 rings (SSSR count). The van der Waals surface area contributed by atoms with Crippen LogP contribution in [0.1, 0.15) is 15.9 Å². The zero-order valence-electron chi connectivity index (χ0n) is 8.43. The Labute approximate surface area is 95.5 Å². The Kier molecular flexibility index (Phi) is 3.82. The van der Waals surface area contributed by atoms with Crippen LogP contribution in [0.5, 0.6) is 5.75 Å². The van der Waals surface area contributed by atoms with Gasteiger partial charge in [-0.05, 0) is 34.5 Å². The molecule has 0 spiro atoms. The molecule has 82 valence electrons. The van der Waals surface area contributed by atoms with E-state index in [1.807, 2.05) is 0 Å². The predicted molar refractivity (Wildman–Crippen MR) is 58.8 cm³/mol. The first-order valence-electron chi connectivity index (χ1n) is 4.28. The van der Waals surface area contributed by atoms with Crippen molar-refractivity contribution in [3.63, 3.8) is 0 Å². The molecule has 0 amide bonds. The number of aryl methyl sites for hydroxylation is 1. The van der Waals surface area contributed by atoms with Crippen LogP contribution in [-0.2, 0) is 0 Å². The molecule has 15 heavy (non-hydrogen) atoms. The number of methoxy groups -OCH3 is 1. The van der Waals surface area contributed by atoms with Crippen LogP contribution in [0.15, 0.2) is 10.5 Å². The SMILES string of the molecule is COc1c(C)cc(Br)c(F)c1C(=O)CN. The highest BCUT2D eigenvalue weighted by Crippen LogP contribution is 2.31. The van der Waals surface area contributed by atoms with E-state index in [-0.39, 0.29) is 22.3 Å². The zero-order valence-corrected chi connectivity index (χ0v) is 10.0. The van der Waals surface area contributed by atoms with Gasteiger partial charge in [-0.25, -0.2) is 4.39 Å². The normalized spacial score (nSPS) is 10.2. The summed E-state index contributed by atoms with van der Waals surface area (Å²) in [6.07, 6.45) is 0. The van der Waals surface area contributed by atoms with Gasteiger partial charge in [0.2, 0.25) is 0 Å². The van der Waals surface area contributed by atoms with Gasteiger partial charge in [-0.2, -0.15) is 0 Å². The third-order valence-electron chi connectivity index (χ3n) is 2.03. The molecule has 0 saturated carbocycles.